The lowest BCUT2D eigenvalue weighted by molar-refractivity contribution is -0.114. The zero-order valence-electron chi connectivity index (χ0n) is 14.9. The Morgan fingerprint density at radius 3 is 2.63 bits per heavy atom. The summed E-state index contributed by atoms with van der Waals surface area (Å²) < 4.78 is 30.9. The van der Waals surface area contributed by atoms with Crippen molar-refractivity contribution in [2.75, 3.05) is 29.5 Å². The van der Waals surface area contributed by atoms with Crippen molar-refractivity contribution in [2.24, 2.45) is 0 Å². The third-order valence-corrected chi connectivity index (χ3v) is 5.05. The van der Waals surface area contributed by atoms with Gasteiger partial charge in [-0.1, -0.05) is 24.3 Å². The van der Waals surface area contributed by atoms with Crippen LogP contribution in [-0.4, -0.2) is 39.2 Å². The Bertz CT molecular complexity index is 1080. The number of anilines is 2. The van der Waals surface area contributed by atoms with Crippen LogP contribution in [0.15, 0.2) is 60.8 Å². The van der Waals surface area contributed by atoms with E-state index in [1.807, 2.05) is 12.1 Å². The number of pyridine rings is 1. The van der Waals surface area contributed by atoms with Gasteiger partial charge < -0.3 is 10.1 Å². The first-order valence-electron chi connectivity index (χ1n) is 8.14. The lowest BCUT2D eigenvalue weighted by Crippen LogP contribution is -2.37. The minimum Gasteiger partial charge on any atom is -0.497 e. The van der Waals surface area contributed by atoms with Gasteiger partial charge in [-0.2, -0.15) is 0 Å². The molecular weight excluding hydrogens is 366 g/mol. The topological polar surface area (TPSA) is 88.6 Å². The molecule has 0 bridgehead atoms. The SMILES string of the molecule is COc1cccc(NC(=O)CN(c2cccc3cccnc23)S(C)(=O)=O)c1. The van der Waals surface area contributed by atoms with Gasteiger partial charge in [0.15, 0.2) is 0 Å². The molecule has 0 saturated carbocycles. The van der Waals surface area contributed by atoms with Gasteiger partial charge in [-0.25, -0.2) is 8.42 Å². The first-order valence-corrected chi connectivity index (χ1v) is 9.98. The van der Waals surface area contributed by atoms with Crippen molar-refractivity contribution >= 4 is 38.2 Å². The standard InChI is InChI=1S/C19H19N3O4S/c1-26-16-9-4-8-15(12-16)21-18(23)13-22(27(2,24)25)17-10-3-6-14-7-5-11-20-19(14)17/h3-12H,13H2,1-2H3,(H,21,23). The molecule has 1 amide bonds. The molecule has 0 aliphatic carbocycles. The molecule has 0 aliphatic rings. The first kappa shape index (κ1) is 18.7. The Balaban J connectivity index is 1.91. The molecule has 1 aromatic heterocycles. The van der Waals surface area contributed by atoms with Gasteiger partial charge in [-0.3, -0.25) is 14.1 Å². The number of fused-ring (bicyclic) bond motifs is 1. The van der Waals surface area contributed by atoms with Gasteiger partial charge >= 0.3 is 0 Å². The number of amides is 1. The lowest BCUT2D eigenvalue weighted by atomic mass is 10.2. The zero-order chi connectivity index (χ0) is 19.4. The van der Waals surface area contributed by atoms with Crippen molar-refractivity contribution in [3.05, 3.63) is 60.8 Å². The first-order chi connectivity index (χ1) is 12.9. The summed E-state index contributed by atoms with van der Waals surface area (Å²) in [6, 6.07) is 15.6. The molecule has 0 aliphatic heterocycles. The molecule has 3 aromatic rings. The van der Waals surface area contributed by atoms with E-state index in [9.17, 15) is 13.2 Å². The van der Waals surface area contributed by atoms with Gasteiger partial charge in [-0.05, 0) is 24.3 Å². The average molecular weight is 385 g/mol. The molecular formula is C19H19N3O4S. The van der Waals surface area contributed by atoms with E-state index < -0.39 is 15.9 Å². The number of nitrogens with one attached hydrogen (secondary N) is 1. The summed E-state index contributed by atoms with van der Waals surface area (Å²) in [6.45, 7) is -0.369. The van der Waals surface area contributed by atoms with E-state index in [2.05, 4.69) is 10.3 Å². The Morgan fingerprint density at radius 1 is 1.15 bits per heavy atom. The van der Waals surface area contributed by atoms with Crippen molar-refractivity contribution in [3.8, 4) is 5.75 Å². The molecule has 140 valence electrons. The highest BCUT2D eigenvalue weighted by Crippen LogP contribution is 2.26. The monoisotopic (exact) mass is 385 g/mol. The number of hydrogen-bond donors (Lipinski definition) is 1. The Hall–Kier alpha value is -3.13. The zero-order valence-corrected chi connectivity index (χ0v) is 15.7. The number of sulfonamides is 1. The fraction of sp³-hybridized carbons (Fsp3) is 0.158. The number of aromatic nitrogens is 1. The van der Waals surface area contributed by atoms with Crippen LogP contribution in [0.5, 0.6) is 5.75 Å². The molecule has 0 unspecified atom stereocenters. The predicted octanol–water partition coefficient (Wildman–Crippen LogP) is 2.65. The smallest absolute Gasteiger partial charge is 0.245 e. The van der Waals surface area contributed by atoms with Crippen LogP contribution < -0.4 is 14.4 Å². The highest BCUT2D eigenvalue weighted by Gasteiger charge is 2.23. The van der Waals surface area contributed by atoms with Gasteiger partial charge in [0.05, 0.1) is 24.6 Å². The number of carbonyl (C=O) groups excluding carboxylic acids is 1. The molecule has 8 heteroatoms. The number of ether oxygens (including phenoxy) is 1. The van der Waals surface area contributed by atoms with E-state index in [-0.39, 0.29) is 6.54 Å². The minimum atomic E-state index is -3.70. The molecule has 27 heavy (non-hydrogen) atoms. The molecule has 0 atom stereocenters. The largest absolute Gasteiger partial charge is 0.497 e. The number of carbonyl (C=O) groups is 1. The van der Waals surface area contributed by atoms with E-state index >= 15 is 0 Å². The Kier molecular flexibility index (Phi) is 5.27. The van der Waals surface area contributed by atoms with Crippen LogP contribution in [0.25, 0.3) is 10.9 Å². The fourth-order valence-electron chi connectivity index (χ4n) is 2.70. The van der Waals surface area contributed by atoms with E-state index in [0.29, 0.717) is 22.6 Å². The summed E-state index contributed by atoms with van der Waals surface area (Å²) in [6.07, 6.45) is 2.65. The molecule has 0 fully saturated rings. The van der Waals surface area contributed by atoms with Crippen molar-refractivity contribution in [3.63, 3.8) is 0 Å². The second-order valence-electron chi connectivity index (χ2n) is 5.90. The van der Waals surface area contributed by atoms with Crippen LogP contribution in [0.4, 0.5) is 11.4 Å². The van der Waals surface area contributed by atoms with Crippen molar-refractivity contribution in [2.45, 2.75) is 0 Å². The van der Waals surface area contributed by atoms with Gasteiger partial charge in [0, 0.05) is 23.3 Å². The number of para-hydroxylation sites is 1. The Morgan fingerprint density at radius 2 is 1.89 bits per heavy atom. The van der Waals surface area contributed by atoms with E-state index in [4.69, 9.17) is 4.74 Å². The second kappa shape index (κ2) is 7.63. The number of nitrogens with zero attached hydrogens (tertiary/aromatic N) is 2. The molecule has 0 spiro atoms. The van der Waals surface area contributed by atoms with Crippen molar-refractivity contribution in [1.29, 1.82) is 0 Å². The number of methoxy groups -OCH3 is 1. The summed E-state index contributed by atoms with van der Waals surface area (Å²) in [5.41, 5.74) is 1.39. The van der Waals surface area contributed by atoms with Gasteiger partial charge in [0.25, 0.3) is 0 Å². The Labute approximate surface area is 157 Å². The molecule has 2 aromatic carbocycles. The van der Waals surface area contributed by atoms with Crippen molar-refractivity contribution in [1.82, 2.24) is 4.98 Å². The summed E-state index contributed by atoms with van der Waals surface area (Å²) in [5.74, 6) is 0.118. The summed E-state index contributed by atoms with van der Waals surface area (Å²) in [7, 11) is -2.17. The minimum absolute atomic E-state index is 0.358. The summed E-state index contributed by atoms with van der Waals surface area (Å²) >= 11 is 0. The predicted molar refractivity (Wildman–Crippen MR) is 106 cm³/mol. The molecule has 1 N–H and O–H groups in total. The fourth-order valence-corrected chi connectivity index (χ4v) is 3.56. The molecule has 7 nitrogen and oxygen atoms in total. The van der Waals surface area contributed by atoms with Crippen LogP contribution in [0.3, 0.4) is 0 Å². The van der Waals surface area contributed by atoms with Gasteiger partial charge in [0.2, 0.25) is 15.9 Å². The maximum atomic E-state index is 12.5. The maximum absolute atomic E-state index is 12.5. The van der Waals surface area contributed by atoms with Gasteiger partial charge in [-0.15, -0.1) is 0 Å². The van der Waals surface area contributed by atoms with Gasteiger partial charge in [0.1, 0.15) is 12.3 Å². The number of hydrogen-bond acceptors (Lipinski definition) is 5. The molecule has 3 rings (SSSR count). The molecule has 1 heterocycles. The van der Waals surface area contributed by atoms with Crippen molar-refractivity contribution < 1.29 is 17.9 Å². The normalized spacial score (nSPS) is 11.2. The lowest BCUT2D eigenvalue weighted by Gasteiger charge is -2.23. The third-order valence-electron chi connectivity index (χ3n) is 3.92. The van der Waals surface area contributed by atoms with E-state index in [1.165, 1.54) is 7.11 Å². The van der Waals surface area contributed by atoms with Crippen LogP contribution in [0.1, 0.15) is 0 Å². The number of benzene rings is 2. The molecule has 0 saturated heterocycles. The second-order valence-corrected chi connectivity index (χ2v) is 7.81. The van der Waals surface area contributed by atoms with Crippen LogP contribution in [-0.2, 0) is 14.8 Å². The van der Waals surface area contributed by atoms with E-state index in [0.717, 1.165) is 15.9 Å². The maximum Gasteiger partial charge on any atom is 0.245 e. The molecule has 0 radical (unpaired) electrons. The highest BCUT2D eigenvalue weighted by atomic mass is 32.2. The highest BCUT2D eigenvalue weighted by molar-refractivity contribution is 7.92. The van der Waals surface area contributed by atoms with Crippen LogP contribution >= 0.6 is 0 Å². The average Bonchev–Trinajstić information content (AvgIpc) is 2.65. The quantitative estimate of drug-likeness (QED) is 0.705. The number of rotatable bonds is 6. The van der Waals surface area contributed by atoms with Crippen LogP contribution in [0.2, 0.25) is 0 Å². The van der Waals surface area contributed by atoms with E-state index in [1.54, 1.807) is 48.7 Å². The van der Waals surface area contributed by atoms with Crippen LogP contribution in [0, 0.1) is 0 Å². The summed E-state index contributed by atoms with van der Waals surface area (Å²) in [5, 5.41) is 3.48. The summed E-state index contributed by atoms with van der Waals surface area (Å²) in [4.78, 5) is 16.8. The third kappa shape index (κ3) is 4.35.